The van der Waals surface area contributed by atoms with Gasteiger partial charge in [0.15, 0.2) is 6.29 Å². The van der Waals surface area contributed by atoms with Crippen molar-refractivity contribution in [2.45, 2.75) is 140 Å². The minimum atomic E-state index is -1.54. The first-order chi connectivity index (χ1) is 16.5. The van der Waals surface area contributed by atoms with E-state index in [0.29, 0.717) is 12.8 Å². The fourth-order valence-electron chi connectivity index (χ4n) is 4.33. The third kappa shape index (κ3) is 12.2. The van der Waals surface area contributed by atoms with Gasteiger partial charge in [-0.3, -0.25) is 4.79 Å². The Balaban J connectivity index is 2.18. The summed E-state index contributed by atoms with van der Waals surface area (Å²) < 4.78 is 10.8. The lowest BCUT2D eigenvalue weighted by Crippen LogP contribution is -2.59. The lowest BCUT2D eigenvalue weighted by atomic mass is 9.99. The van der Waals surface area contributed by atoms with Crippen molar-refractivity contribution in [1.82, 2.24) is 5.32 Å². The van der Waals surface area contributed by atoms with E-state index in [1.165, 1.54) is 64.2 Å². The monoisotopic (exact) mass is 491 g/mol. The molecule has 1 saturated heterocycles. The van der Waals surface area contributed by atoms with Crippen LogP contribution in [0.3, 0.4) is 0 Å². The molecule has 0 aromatic carbocycles. The van der Waals surface area contributed by atoms with Gasteiger partial charge in [0.05, 0.1) is 25.4 Å². The first-order valence-electron chi connectivity index (χ1n) is 13.3. The van der Waals surface area contributed by atoms with E-state index in [1.54, 1.807) is 0 Å². The molecule has 1 aliphatic heterocycles. The van der Waals surface area contributed by atoms with Crippen LogP contribution < -0.4 is 5.32 Å². The summed E-state index contributed by atoms with van der Waals surface area (Å²) in [6, 6.07) is -0.706. The van der Waals surface area contributed by atoms with Crippen molar-refractivity contribution in [3.05, 3.63) is 0 Å². The second-order valence-electron chi connectivity index (χ2n) is 9.52. The summed E-state index contributed by atoms with van der Waals surface area (Å²) in [7, 11) is 0. The molecule has 0 radical (unpaired) electrons. The Morgan fingerprint density at radius 1 is 0.853 bits per heavy atom. The molecule has 1 fully saturated rings. The van der Waals surface area contributed by atoms with Crippen LogP contribution in [-0.2, 0) is 14.3 Å². The molecule has 34 heavy (non-hydrogen) atoms. The van der Waals surface area contributed by atoms with Crippen LogP contribution in [0.1, 0.15) is 96.8 Å². The Labute approximate surface area is 204 Å². The Bertz CT molecular complexity index is 496. The molecular formula is C25H49NO8. The molecule has 7 atom stereocenters. The number of ether oxygens (including phenoxy) is 2. The molecule has 0 aromatic heterocycles. The van der Waals surface area contributed by atoms with Crippen LogP contribution in [0, 0.1) is 0 Å². The zero-order chi connectivity index (χ0) is 25.2. The molecule has 0 aliphatic carbocycles. The van der Waals surface area contributed by atoms with Gasteiger partial charge in [0, 0.05) is 0 Å². The molecule has 6 N–H and O–H groups in total. The molecule has 1 heterocycles. The Morgan fingerprint density at radius 3 is 1.88 bits per heavy atom. The van der Waals surface area contributed by atoms with Gasteiger partial charge in [-0.15, -0.1) is 0 Å². The van der Waals surface area contributed by atoms with Crippen molar-refractivity contribution in [2.75, 3.05) is 13.2 Å². The van der Waals surface area contributed by atoms with E-state index in [0.717, 1.165) is 19.3 Å². The third-order valence-electron chi connectivity index (χ3n) is 6.64. The maximum atomic E-state index is 11.0. The first kappa shape index (κ1) is 31.2. The molecule has 9 heteroatoms. The van der Waals surface area contributed by atoms with E-state index in [-0.39, 0.29) is 6.61 Å². The van der Waals surface area contributed by atoms with Crippen LogP contribution >= 0.6 is 0 Å². The average molecular weight is 492 g/mol. The van der Waals surface area contributed by atoms with Crippen molar-refractivity contribution >= 4 is 6.41 Å². The summed E-state index contributed by atoms with van der Waals surface area (Å²) in [5.41, 5.74) is 0. The van der Waals surface area contributed by atoms with E-state index in [9.17, 15) is 30.3 Å². The molecule has 1 aliphatic rings. The van der Waals surface area contributed by atoms with Gasteiger partial charge >= 0.3 is 0 Å². The highest BCUT2D eigenvalue weighted by atomic mass is 16.7. The van der Waals surface area contributed by atoms with Crippen LogP contribution in [0.2, 0.25) is 0 Å². The van der Waals surface area contributed by atoms with E-state index < -0.39 is 49.5 Å². The number of aliphatic hydroxyl groups excluding tert-OH is 5. The van der Waals surface area contributed by atoms with Gasteiger partial charge in [-0.25, -0.2) is 0 Å². The number of amides is 1. The highest BCUT2D eigenvalue weighted by Gasteiger charge is 2.44. The molecule has 0 spiro atoms. The lowest BCUT2D eigenvalue weighted by molar-refractivity contribution is -0.302. The summed E-state index contributed by atoms with van der Waals surface area (Å²) in [6.45, 7) is 1.53. The van der Waals surface area contributed by atoms with Gasteiger partial charge in [-0.2, -0.15) is 0 Å². The Hall–Kier alpha value is -0.810. The molecule has 202 valence electrons. The third-order valence-corrected chi connectivity index (χ3v) is 6.64. The second-order valence-corrected chi connectivity index (χ2v) is 9.52. The number of carbonyl (C=O) groups excluding carboxylic acids is 1. The molecule has 0 aromatic rings. The second kappa shape index (κ2) is 19.4. The topological polar surface area (TPSA) is 149 Å². The van der Waals surface area contributed by atoms with Crippen molar-refractivity contribution in [1.29, 1.82) is 0 Å². The number of nitrogens with one attached hydrogen (secondary N) is 1. The smallest absolute Gasteiger partial charge is 0.207 e. The molecule has 1 rings (SSSR count). The largest absolute Gasteiger partial charge is 0.394 e. The van der Waals surface area contributed by atoms with Crippen LogP contribution in [0.15, 0.2) is 0 Å². The van der Waals surface area contributed by atoms with Crippen LogP contribution in [-0.4, -0.2) is 88.0 Å². The molecule has 9 nitrogen and oxygen atoms in total. The normalized spacial score (nSPS) is 26.8. The highest BCUT2D eigenvalue weighted by Crippen LogP contribution is 2.22. The molecule has 0 bridgehead atoms. The molecule has 5 unspecified atom stereocenters. The van der Waals surface area contributed by atoms with Crippen molar-refractivity contribution < 1.29 is 39.8 Å². The summed E-state index contributed by atoms with van der Waals surface area (Å²) in [4.78, 5) is 11.0. The molecule has 1 amide bonds. The van der Waals surface area contributed by atoms with Crippen molar-refractivity contribution in [2.24, 2.45) is 0 Å². The molecule has 0 saturated carbocycles. The maximum Gasteiger partial charge on any atom is 0.207 e. The van der Waals surface area contributed by atoms with Crippen LogP contribution in [0.25, 0.3) is 0 Å². The predicted molar refractivity (Wildman–Crippen MR) is 129 cm³/mol. The van der Waals surface area contributed by atoms with E-state index in [1.807, 2.05) is 0 Å². The summed E-state index contributed by atoms with van der Waals surface area (Å²) >= 11 is 0. The quantitative estimate of drug-likeness (QED) is 0.105. The standard InChI is InChI=1S/C25H49NO8/c1-2-3-4-5-6-7-8-9-10-11-12-13-14-15-20(29)19(26-18-28)17-33-25-24(32)23(31)22(30)21(16-27)34-25/h18-25,27,29-32H,2-17H2,1H3,(H,26,28)/t19-,20+,21?,22?,23?,24?,25?/m0/s1. The maximum absolute atomic E-state index is 11.0. The van der Waals surface area contributed by atoms with Crippen LogP contribution in [0.5, 0.6) is 0 Å². The number of unbranched alkanes of at least 4 members (excludes halogenated alkanes) is 12. The van der Waals surface area contributed by atoms with E-state index >= 15 is 0 Å². The number of rotatable bonds is 21. The van der Waals surface area contributed by atoms with Gasteiger partial charge in [0.1, 0.15) is 24.4 Å². The minimum absolute atomic E-state index is 0.152. The van der Waals surface area contributed by atoms with E-state index in [2.05, 4.69) is 12.2 Å². The first-order valence-corrected chi connectivity index (χ1v) is 13.3. The SMILES string of the molecule is CCCCCCCCCCCCCCC[C@@H](O)[C@H](COC1OC(CO)C(O)C(O)C1O)NC=O. The van der Waals surface area contributed by atoms with E-state index in [4.69, 9.17) is 9.47 Å². The molecular weight excluding hydrogens is 442 g/mol. The predicted octanol–water partition coefficient (Wildman–Crippen LogP) is 1.76. The van der Waals surface area contributed by atoms with Crippen molar-refractivity contribution in [3.8, 4) is 0 Å². The lowest BCUT2D eigenvalue weighted by Gasteiger charge is -2.40. The van der Waals surface area contributed by atoms with Gasteiger partial charge in [-0.1, -0.05) is 90.4 Å². The van der Waals surface area contributed by atoms with Gasteiger partial charge in [-0.05, 0) is 6.42 Å². The fraction of sp³-hybridized carbons (Fsp3) is 0.960. The number of carbonyl (C=O) groups is 1. The van der Waals surface area contributed by atoms with Gasteiger partial charge < -0.3 is 40.3 Å². The summed E-state index contributed by atoms with van der Waals surface area (Å²) in [5.74, 6) is 0. The number of aliphatic hydroxyl groups is 5. The average Bonchev–Trinajstić information content (AvgIpc) is 2.84. The van der Waals surface area contributed by atoms with Crippen LogP contribution in [0.4, 0.5) is 0 Å². The van der Waals surface area contributed by atoms with Gasteiger partial charge in [0.25, 0.3) is 0 Å². The fourth-order valence-corrected chi connectivity index (χ4v) is 4.33. The number of hydrogen-bond acceptors (Lipinski definition) is 8. The Morgan fingerprint density at radius 2 is 1.38 bits per heavy atom. The summed E-state index contributed by atoms with van der Waals surface area (Å²) in [6.07, 6.45) is 9.34. The zero-order valence-electron chi connectivity index (χ0n) is 20.9. The Kier molecular flexibility index (Phi) is 17.8. The zero-order valence-corrected chi connectivity index (χ0v) is 20.9. The minimum Gasteiger partial charge on any atom is -0.394 e. The highest BCUT2D eigenvalue weighted by molar-refractivity contribution is 5.46. The number of hydrogen-bond donors (Lipinski definition) is 6. The summed E-state index contributed by atoms with van der Waals surface area (Å²) in [5, 5.41) is 52.0. The van der Waals surface area contributed by atoms with Crippen molar-refractivity contribution in [3.63, 3.8) is 0 Å². The van der Waals surface area contributed by atoms with Gasteiger partial charge in [0.2, 0.25) is 6.41 Å².